The fourth-order valence-corrected chi connectivity index (χ4v) is 5.82. The van der Waals surface area contributed by atoms with Gasteiger partial charge in [-0.05, 0) is 49.2 Å². The zero-order valence-electron chi connectivity index (χ0n) is 19.1. The van der Waals surface area contributed by atoms with E-state index in [-0.39, 0.29) is 10.9 Å². The van der Waals surface area contributed by atoms with Gasteiger partial charge in [0.25, 0.3) is 0 Å². The number of sulfonamides is 1. The summed E-state index contributed by atoms with van der Waals surface area (Å²) in [6, 6.07) is 14.1. The summed E-state index contributed by atoms with van der Waals surface area (Å²) in [5.41, 5.74) is 1.57. The lowest BCUT2D eigenvalue weighted by molar-refractivity contribution is 0.214. The van der Waals surface area contributed by atoms with E-state index < -0.39 is 10.0 Å². The summed E-state index contributed by atoms with van der Waals surface area (Å²) in [4.78, 5) is 16.7. The van der Waals surface area contributed by atoms with Crippen molar-refractivity contribution < 1.29 is 17.9 Å². The quantitative estimate of drug-likeness (QED) is 0.719. The van der Waals surface area contributed by atoms with Crippen LogP contribution in [0.5, 0.6) is 5.75 Å². The molecular weight excluding hydrogens is 440 g/mol. The maximum atomic E-state index is 13.2. The standard InChI is InChI=1S/C24H32N4O4S/c1-32-23-9-5-4-8-22(23)26-16-18-28(19-17-26)33(30,31)21-12-10-20(11-13-21)25-24(29)27-14-6-2-3-7-15-27/h4-5,8-13H,2-3,6-7,14-19H2,1H3,(H,25,29). The van der Waals surface area contributed by atoms with Crippen LogP contribution in [-0.4, -0.2) is 70.0 Å². The number of urea groups is 1. The number of hydrogen-bond acceptors (Lipinski definition) is 5. The molecule has 0 radical (unpaired) electrons. The van der Waals surface area contributed by atoms with Crippen LogP contribution in [0, 0.1) is 0 Å². The van der Waals surface area contributed by atoms with Crippen LogP contribution in [0.15, 0.2) is 53.4 Å². The number of carbonyl (C=O) groups excluding carboxylic acids is 1. The van der Waals surface area contributed by atoms with Crippen molar-refractivity contribution in [3.8, 4) is 5.75 Å². The molecule has 178 valence electrons. The fourth-order valence-electron chi connectivity index (χ4n) is 4.40. The van der Waals surface area contributed by atoms with E-state index in [0.717, 1.165) is 50.2 Å². The maximum absolute atomic E-state index is 13.2. The number of carbonyl (C=O) groups is 1. The van der Waals surface area contributed by atoms with Gasteiger partial charge in [-0.15, -0.1) is 0 Å². The molecule has 2 fully saturated rings. The van der Waals surface area contributed by atoms with Crippen molar-refractivity contribution in [2.75, 3.05) is 56.6 Å². The van der Waals surface area contributed by atoms with E-state index in [2.05, 4.69) is 10.2 Å². The zero-order valence-corrected chi connectivity index (χ0v) is 19.9. The van der Waals surface area contributed by atoms with E-state index in [4.69, 9.17) is 4.74 Å². The minimum Gasteiger partial charge on any atom is -0.495 e. The highest BCUT2D eigenvalue weighted by Gasteiger charge is 2.29. The summed E-state index contributed by atoms with van der Waals surface area (Å²) in [5, 5.41) is 2.89. The Morgan fingerprint density at radius 1 is 0.848 bits per heavy atom. The summed E-state index contributed by atoms with van der Waals surface area (Å²) >= 11 is 0. The summed E-state index contributed by atoms with van der Waals surface area (Å²) in [7, 11) is -1.96. The fraction of sp³-hybridized carbons (Fsp3) is 0.458. The average molecular weight is 473 g/mol. The predicted molar refractivity (Wildman–Crippen MR) is 129 cm³/mol. The van der Waals surface area contributed by atoms with Crippen LogP contribution in [-0.2, 0) is 10.0 Å². The van der Waals surface area contributed by atoms with Crippen LogP contribution in [0.1, 0.15) is 25.7 Å². The number of nitrogens with zero attached hydrogens (tertiary/aromatic N) is 3. The van der Waals surface area contributed by atoms with Crippen molar-refractivity contribution in [3.63, 3.8) is 0 Å². The molecule has 2 aromatic carbocycles. The Labute approximate surface area is 196 Å². The summed E-state index contributed by atoms with van der Waals surface area (Å²) < 4.78 is 33.3. The van der Waals surface area contributed by atoms with Crippen molar-refractivity contribution in [2.45, 2.75) is 30.6 Å². The molecule has 4 rings (SSSR count). The third-order valence-electron chi connectivity index (χ3n) is 6.30. The number of hydrogen-bond donors (Lipinski definition) is 1. The number of anilines is 2. The molecule has 2 aromatic rings. The number of likely N-dealkylation sites (tertiary alicyclic amines) is 1. The molecule has 0 saturated carbocycles. The van der Waals surface area contributed by atoms with Gasteiger partial charge >= 0.3 is 6.03 Å². The van der Waals surface area contributed by atoms with Gasteiger partial charge in [-0.1, -0.05) is 25.0 Å². The van der Waals surface area contributed by atoms with Crippen LogP contribution < -0.4 is 15.0 Å². The van der Waals surface area contributed by atoms with Crippen LogP contribution in [0.3, 0.4) is 0 Å². The van der Waals surface area contributed by atoms with Gasteiger partial charge in [-0.3, -0.25) is 0 Å². The van der Waals surface area contributed by atoms with E-state index >= 15 is 0 Å². The number of amides is 2. The summed E-state index contributed by atoms with van der Waals surface area (Å²) in [5.74, 6) is 0.784. The largest absolute Gasteiger partial charge is 0.495 e. The SMILES string of the molecule is COc1ccccc1N1CCN(S(=O)(=O)c2ccc(NC(=O)N3CCCCCC3)cc2)CC1. The molecule has 1 N–H and O–H groups in total. The molecule has 0 unspecified atom stereocenters. The van der Waals surface area contributed by atoms with Crippen molar-refractivity contribution in [3.05, 3.63) is 48.5 Å². The molecule has 2 saturated heterocycles. The lowest BCUT2D eigenvalue weighted by Gasteiger charge is -2.35. The molecule has 0 spiro atoms. The molecule has 33 heavy (non-hydrogen) atoms. The number of rotatable bonds is 5. The van der Waals surface area contributed by atoms with Gasteiger partial charge in [-0.2, -0.15) is 4.31 Å². The minimum absolute atomic E-state index is 0.125. The number of para-hydroxylation sites is 2. The molecule has 0 aromatic heterocycles. The first-order chi connectivity index (χ1) is 16.0. The van der Waals surface area contributed by atoms with E-state index in [0.29, 0.717) is 31.9 Å². The molecule has 0 aliphatic carbocycles. The first-order valence-corrected chi connectivity index (χ1v) is 13.0. The Morgan fingerprint density at radius 3 is 2.12 bits per heavy atom. The Morgan fingerprint density at radius 2 is 1.48 bits per heavy atom. The minimum atomic E-state index is -3.60. The van der Waals surface area contributed by atoms with Crippen LogP contribution in [0.25, 0.3) is 0 Å². The first kappa shape index (κ1) is 23.4. The second-order valence-electron chi connectivity index (χ2n) is 8.42. The first-order valence-electron chi connectivity index (χ1n) is 11.5. The van der Waals surface area contributed by atoms with Crippen molar-refractivity contribution in [1.29, 1.82) is 0 Å². The smallest absolute Gasteiger partial charge is 0.321 e. The Kier molecular flexibility index (Phi) is 7.39. The second-order valence-corrected chi connectivity index (χ2v) is 10.4. The van der Waals surface area contributed by atoms with Crippen molar-refractivity contribution >= 4 is 27.4 Å². The number of nitrogens with one attached hydrogen (secondary N) is 1. The molecule has 2 aliphatic rings. The Hall–Kier alpha value is -2.78. The van der Waals surface area contributed by atoms with Gasteiger partial charge in [0.05, 0.1) is 17.7 Å². The molecule has 8 nitrogen and oxygen atoms in total. The third-order valence-corrected chi connectivity index (χ3v) is 8.21. The highest BCUT2D eigenvalue weighted by atomic mass is 32.2. The molecule has 2 heterocycles. The molecule has 0 atom stereocenters. The highest BCUT2D eigenvalue weighted by molar-refractivity contribution is 7.89. The third kappa shape index (κ3) is 5.42. The van der Waals surface area contributed by atoms with Gasteiger partial charge in [-0.25, -0.2) is 13.2 Å². The topological polar surface area (TPSA) is 82.2 Å². The van der Waals surface area contributed by atoms with E-state index in [1.54, 1.807) is 31.4 Å². The lowest BCUT2D eigenvalue weighted by atomic mass is 10.2. The Bertz CT molecular complexity index is 1040. The van der Waals surface area contributed by atoms with Crippen molar-refractivity contribution in [2.24, 2.45) is 0 Å². The van der Waals surface area contributed by atoms with Crippen molar-refractivity contribution in [1.82, 2.24) is 9.21 Å². The molecule has 0 bridgehead atoms. The molecule has 9 heteroatoms. The van der Waals surface area contributed by atoms with Gasteiger partial charge in [0, 0.05) is 45.0 Å². The van der Waals surface area contributed by atoms with Gasteiger partial charge in [0.2, 0.25) is 10.0 Å². The predicted octanol–water partition coefficient (Wildman–Crippen LogP) is 3.61. The normalized spacial score (nSPS) is 18.0. The van der Waals surface area contributed by atoms with Gasteiger partial charge in [0.15, 0.2) is 0 Å². The summed E-state index contributed by atoms with van der Waals surface area (Å²) in [6.07, 6.45) is 4.36. The monoisotopic (exact) mass is 472 g/mol. The van der Waals surface area contributed by atoms with Gasteiger partial charge in [0.1, 0.15) is 5.75 Å². The lowest BCUT2D eigenvalue weighted by Crippen LogP contribution is -2.48. The molecular formula is C24H32N4O4S. The van der Waals surface area contributed by atoms with Crippen LogP contribution >= 0.6 is 0 Å². The zero-order chi connectivity index (χ0) is 23.3. The Balaban J connectivity index is 1.37. The van der Waals surface area contributed by atoms with E-state index in [9.17, 15) is 13.2 Å². The second kappa shape index (κ2) is 10.4. The van der Waals surface area contributed by atoms with Crippen LogP contribution in [0.2, 0.25) is 0 Å². The number of methoxy groups -OCH3 is 1. The molecule has 2 aliphatic heterocycles. The highest BCUT2D eigenvalue weighted by Crippen LogP contribution is 2.29. The number of piperazine rings is 1. The van der Waals surface area contributed by atoms with Crippen LogP contribution in [0.4, 0.5) is 16.2 Å². The average Bonchev–Trinajstić information content (AvgIpc) is 3.14. The van der Waals surface area contributed by atoms with Gasteiger partial charge < -0.3 is 19.9 Å². The number of benzene rings is 2. The number of ether oxygens (including phenoxy) is 1. The molecule has 2 amide bonds. The summed E-state index contributed by atoms with van der Waals surface area (Å²) in [6.45, 7) is 3.49. The van der Waals surface area contributed by atoms with E-state index in [1.165, 1.54) is 4.31 Å². The van der Waals surface area contributed by atoms with E-state index in [1.807, 2.05) is 29.2 Å². The maximum Gasteiger partial charge on any atom is 0.321 e.